The summed E-state index contributed by atoms with van der Waals surface area (Å²) in [5, 5.41) is 0.525. The molecule has 23 heavy (non-hydrogen) atoms. The number of rotatable bonds is 2. The smallest absolute Gasteiger partial charge is 0.160 e. The first-order chi connectivity index (χ1) is 11.2. The molecule has 2 saturated heterocycles. The summed E-state index contributed by atoms with van der Waals surface area (Å²) in [7, 11) is 0. The largest absolute Gasteiger partial charge is 0.371 e. The molecule has 1 aromatic heterocycles. The Balaban J connectivity index is 1.58. The summed E-state index contributed by atoms with van der Waals surface area (Å²) < 4.78 is 38.7. The second-order valence-electron chi connectivity index (χ2n) is 6.05. The molecule has 1 aromatic carbocycles. The van der Waals surface area contributed by atoms with Gasteiger partial charge in [-0.15, -0.1) is 0 Å². The number of benzene rings is 1. The van der Waals surface area contributed by atoms with Crippen molar-refractivity contribution in [1.82, 2.24) is 4.98 Å². The number of piperidine rings is 1. The Bertz CT molecular complexity index is 711. The molecule has 0 amide bonds. The second-order valence-corrected chi connectivity index (χ2v) is 6.05. The van der Waals surface area contributed by atoms with Gasteiger partial charge in [-0.05, 0) is 25.0 Å². The van der Waals surface area contributed by atoms with Crippen molar-refractivity contribution in [3.8, 4) is 0 Å². The van der Waals surface area contributed by atoms with Gasteiger partial charge in [0.2, 0.25) is 0 Å². The van der Waals surface area contributed by atoms with E-state index in [1.807, 2.05) is 6.07 Å². The van der Waals surface area contributed by atoms with Gasteiger partial charge in [-0.2, -0.15) is 0 Å². The van der Waals surface area contributed by atoms with Crippen molar-refractivity contribution in [1.29, 1.82) is 0 Å². The molecule has 2 aliphatic heterocycles. The minimum Gasteiger partial charge on any atom is -0.371 e. The Labute approximate surface area is 133 Å². The molecule has 122 valence electrons. The SMILES string of the molecule is Fc1cc(F)c2nccc(N3CCC(C4OCCO4)CC3)c2c1. The Morgan fingerprint density at radius 3 is 2.57 bits per heavy atom. The van der Waals surface area contributed by atoms with Crippen molar-refractivity contribution >= 4 is 16.6 Å². The molecular formula is C17H18F2N2O2. The zero-order chi connectivity index (χ0) is 15.8. The highest BCUT2D eigenvalue weighted by Crippen LogP contribution is 2.33. The number of fused-ring (bicyclic) bond motifs is 1. The summed E-state index contributed by atoms with van der Waals surface area (Å²) in [5.41, 5.74) is 1.05. The van der Waals surface area contributed by atoms with Gasteiger partial charge < -0.3 is 14.4 Å². The lowest BCUT2D eigenvalue weighted by atomic mass is 9.95. The quantitative estimate of drug-likeness (QED) is 0.852. The molecule has 0 bridgehead atoms. The first-order valence-electron chi connectivity index (χ1n) is 7.94. The molecule has 6 heteroatoms. The lowest BCUT2D eigenvalue weighted by Crippen LogP contribution is -2.38. The van der Waals surface area contributed by atoms with Crippen LogP contribution in [0.25, 0.3) is 10.9 Å². The highest BCUT2D eigenvalue weighted by Gasteiger charge is 2.31. The van der Waals surface area contributed by atoms with Gasteiger partial charge in [0.15, 0.2) is 12.1 Å². The molecule has 0 N–H and O–H groups in total. The number of pyridine rings is 1. The van der Waals surface area contributed by atoms with Crippen LogP contribution in [0.15, 0.2) is 24.4 Å². The average Bonchev–Trinajstić information content (AvgIpc) is 3.09. The monoisotopic (exact) mass is 320 g/mol. The van der Waals surface area contributed by atoms with E-state index < -0.39 is 11.6 Å². The van der Waals surface area contributed by atoms with E-state index in [9.17, 15) is 8.78 Å². The van der Waals surface area contributed by atoms with Gasteiger partial charge in [-0.3, -0.25) is 4.98 Å². The molecule has 4 rings (SSSR count). The second kappa shape index (κ2) is 6.02. The van der Waals surface area contributed by atoms with Crippen molar-refractivity contribution in [2.45, 2.75) is 19.1 Å². The van der Waals surface area contributed by atoms with Crippen LogP contribution in [0.2, 0.25) is 0 Å². The summed E-state index contributed by atoms with van der Waals surface area (Å²) in [6.45, 7) is 2.95. The molecule has 0 atom stereocenters. The van der Waals surface area contributed by atoms with Crippen molar-refractivity contribution in [3.63, 3.8) is 0 Å². The standard InChI is InChI=1S/C17H18F2N2O2/c18-12-9-13-15(1-4-20-16(13)14(19)10-12)21-5-2-11(3-6-21)17-22-7-8-23-17/h1,4,9-11,17H,2-3,5-8H2. The number of nitrogens with zero attached hydrogens (tertiary/aromatic N) is 2. The van der Waals surface area contributed by atoms with Crippen LogP contribution < -0.4 is 4.90 Å². The summed E-state index contributed by atoms with van der Waals surface area (Å²) in [5.74, 6) is -0.813. The molecule has 0 spiro atoms. The fraction of sp³-hybridized carbons (Fsp3) is 0.471. The van der Waals surface area contributed by atoms with Crippen LogP contribution in [0.5, 0.6) is 0 Å². The maximum Gasteiger partial charge on any atom is 0.160 e. The van der Waals surface area contributed by atoms with Crippen molar-refractivity contribution in [3.05, 3.63) is 36.0 Å². The van der Waals surface area contributed by atoms with Gasteiger partial charge in [-0.1, -0.05) is 0 Å². The van der Waals surface area contributed by atoms with E-state index in [0.717, 1.165) is 37.7 Å². The Hall–Kier alpha value is -1.79. The third-order valence-corrected chi connectivity index (χ3v) is 4.65. The van der Waals surface area contributed by atoms with Gasteiger partial charge in [0.25, 0.3) is 0 Å². The number of aromatic nitrogens is 1. The molecule has 0 saturated carbocycles. The van der Waals surface area contributed by atoms with E-state index >= 15 is 0 Å². The third-order valence-electron chi connectivity index (χ3n) is 4.65. The van der Waals surface area contributed by atoms with Crippen LogP contribution in [0, 0.1) is 17.6 Å². The van der Waals surface area contributed by atoms with E-state index in [2.05, 4.69) is 9.88 Å². The van der Waals surface area contributed by atoms with Crippen LogP contribution in [-0.2, 0) is 9.47 Å². The molecule has 0 aliphatic carbocycles. The van der Waals surface area contributed by atoms with Gasteiger partial charge in [-0.25, -0.2) is 8.78 Å². The van der Waals surface area contributed by atoms with E-state index in [1.165, 1.54) is 6.07 Å². The van der Waals surface area contributed by atoms with Gasteiger partial charge >= 0.3 is 0 Å². The minimum absolute atomic E-state index is 0.0961. The van der Waals surface area contributed by atoms with Gasteiger partial charge in [0, 0.05) is 42.3 Å². The fourth-order valence-electron chi connectivity index (χ4n) is 3.50. The average molecular weight is 320 g/mol. The molecule has 2 aromatic rings. The predicted octanol–water partition coefficient (Wildman–Crippen LogP) is 3.10. The maximum atomic E-state index is 13.9. The lowest BCUT2D eigenvalue weighted by molar-refractivity contribution is -0.0889. The summed E-state index contributed by atoms with van der Waals surface area (Å²) in [4.78, 5) is 6.21. The van der Waals surface area contributed by atoms with E-state index in [1.54, 1.807) is 6.20 Å². The first-order valence-corrected chi connectivity index (χ1v) is 7.94. The zero-order valence-corrected chi connectivity index (χ0v) is 12.7. The molecule has 4 nitrogen and oxygen atoms in total. The Kier molecular flexibility index (Phi) is 3.87. The molecule has 2 fully saturated rings. The van der Waals surface area contributed by atoms with E-state index in [-0.39, 0.29) is 11.8 Å². The number of hydrogen-bond acceptors (Lipinski definition) is 4. The third kappa shape index (κ3) is 2.77. The minimum atomic E-state index is -0.621. The normalized spacial score (nSPS) is 20.5. The summed E-state index contributed by atoms with van der Waals surface area (Å²) in [6.07, 6.45) is 3.35. The number of halogens is 2. The highest BCUT2D eigenvalue weighted by atomic mass is 19.1. The topological polar surface area (TPSA) is 34.6 Å². The molecule has 3 heterocycles. The van der Waals surface area contributed by atoms with E-state index in [0.29, 0.717) is 24.5 Å². The summed E-state index contributed by atoms with van der Waals surface area (Å²) in [6, 6.07) is 4.06. The van der Waals surface area contributed by atoms with Crippen LogP contribution in [0.3, 0.4) is 0 Å². The highest BCUT2D eigenvalue weighted by molar-refractivity contribution is 5.92. The van der Waals surface area contributed by atoms with Crippen LogP contribution in [-0.4, -0.2) is 37.6 Å². The van der Waals surface area contributed by atoms with Crippen molar-refractivity contribution in [2.75, 3.05) is 31.2 Å². The predicted molar refractivity (Wildman–Crippen MR) is 82.3 cm³/mol. The van der Waals surface area contributed by atoms with Crippen LogP contribution in [0.1, 0.15) is 12.8 Å². The molecular weight excluding hydrogens is 302 g/mol. The van der Waals surface area contributed by atoms with Gasteiger partial charge in [0.05, 0.1) is 13.2 Å². The molecule has 2 aliphatic rings. The van der Waals surface area contributed by atoms with E-state index in [4.69, 9.17) is 9.47 Å². The Morgan fingerprint density at radius 1 is 1.09 bits per heavy atom. The van der Waals surface area contributed by atoms with Crippen LogP contribution in [0.4, 0.5) is 14.5 Å². The first kappa shape index (κ1) is 14.8. The molecule has 0 radical (unpaired) electrons. The van der Waals surface area contributed by atoms with Crippen LogP contribution >= 0.6 is 0 Å². The van der Waals surface area contributed by atoms with Crippen molar-refractivity contribution < 1.29 is 18.3 Å². The van der Waals surface area contributed by atoms with Crippen molar-refractivity contribution in [2.24, 2.45) is 5.92 Å². The number of ether oxygens (including phenoxy) is 2. The number of hydrogen-bond donors (Lipinski definition) is 0. The molecule has 0 unspecified atom stereocenters. The maximum absolute atomic E-state index is 13.9. The van der Waals surface area contributed by atoms with Gasteiger partial charge in [0.1, 0.15) is 11.3 Å². The Morgan fingerprint density at radius 2 is 1.83 bits per heavy atom. The fourth-order valence-corrected chi connectivity index (χ4v) is 3.50. The summed E-state index contributed by atoms with van der Waals surface area (Å²) >= 11 is 0. The zero-order valence-electron chi connectivity index (χ0n) is 12.7. The number of anilines is 1. The lowest BCUT2D eigenvalue weighted by Gasteiger charge is -2.35.